The first kappa shape index (κ1) is 15.5. The fourth-order valence-corrected chi connectivity index (χ4v) is 2.37. The van der Waals surface area contributed by atoms with Crippen LogP contribution in [0.5, 0.6) is 5.75 Å². The van der Waals surface area contributed by atoms with E-state index in [1.54, 1.807) is 19.1 Å². The van der Waals surface area contributed by atoms with Crippen molar-refractivity contribution in [1.29, 1.82) is 0 Å². The highest BCUT2D eigenvalue weighted by Crippen LogP contribution is 2.12. The Hall–Kier alpha value is -1.60. The number of esters is 1. The molecule has 0 aliphatic carbocycles. The van der Waals surface area contributed by atoms with E-state index in [0.29, 0.717) is 5.56 Å². The van der Waals surface area contributed by atoms with Gasteiger partial charge in [-0.05, 0) is 24.6 Å². The topological polar surface area (TPSA) is 83.9 Å². The van der Waals surface area contributed by atoms with Gasteiger partial charge in [-0.3, -0.25) is 4.79 Å². The van der Waals surface area contributed by atoms with E-state index in [2.05, 4.69) is 4.74 Å². The Labute approximate surface area is 112 Å². The second-order valence-electron chi connectivity index (χ2n) is 3.98. The summed E-state index contributed by atoms with van der Waals surface area (Å²) >= 11 is 0. The molecule has 106 valence electrons. The molecular formula is C12H17NO5S. The SMILES string of the molecule is CCOC(=O)CS(=O)(=O)N(C)Cc1ccc(O)cc1. The Kier molecular flexibility index (Phi) is 5.31. The molecular weight excluding hydrogens is 270 g/mol. The van der Waals surface area contributed by atoms with Gasteiger partial charge in [0.1, 0.15) is 5.75 Å². The molecule has 0 aliphatic rings. The molecule has 0 amide bonds. The van der Waals surface area contributed by atoms with Gasteiger partial charge in [0.2, 0.25) is 10.0 Å². The highest BCUT2D eigenvalue weighted by molar-refractivity contribution is 7.89. The van der Waals surface area contributed by atoms with Gasteiger partial charge < -0.3 is 9.84 Å². The molecule has 0 aromatic heterocycles. The van der Waals surface area contributed by atoms with Crippen LogP contribution < -0.4 is 0 Å². The summed E-state index contributed by atoms with van der Waals surface area (Å²) in [4.78, 5) is 11.2. The summed E-state index contributed by atoms with van der Waals surface area (Å²) < 4.78 is 29.4. The third-order valence-corrected chi connectivity index (χ3v) is 4.10. The van der Waals surface area contributed by atoms with Crippen LogP contribution in [-0.4, -0.2) is 43.2 Å². The van der Waals surface area contributed by atoms with Crippen molar-refractivity contribution in [3.63, 3.8) is 0 Å². The summed E-state index contributed by atoms with van der Waals surface area (Å²) in [6, 6.07) is 6.18. The molecule has 0 heterocycles. The summed E-state index contributed by atoms with van der Waals surface area (Å²) in [5.41, 5.74) is 0.715. The first-order valence-corrected chi connectivity index (χ1v) is 7.33. The van der Waals surface area contributed by atoms with E-state index in [1.165, 1.54) is 19.2 Å². The zero-order valence-electron chi connectivity index (χ0n) is 10.9. The number of sulfonamides is 1. The first-order chi connectivity index (χ1) is 8.85. The molecule has 1 N–H and O–H groups in total. The molecule has 0 fully saturated rings. The molecule has 19 heavy (non-hydrogen) atoms. The monoisotopic (exact) mass is 287 g/mol. The Bertz CT molecular complexity index is 524. The minimum atomic E-state index is -3.69. The average molecular weight is 287 g/mol. The lowest BCUT2D eigenvalue weighted by Crippen LogP contribution is -2.32. The van der Waals surface area contributed by atoms with Gasteiger partial charge in [0.05, 0.1) is 6.61 Å². The molecule has 0 saturated heterocycles. The Morgan fingerprint density at radius 1 is 1.32 bits per heavy atom. The average Bonchev–Trinajstić information content (AvgIpc) is 2.31. The summed E-state index contributed by atoms with van der Waals surface area (Å²) in [5, 5.41) is 9.14. The van der Waals surface area contributed by atoms with Crippen LogP contribution in [0.15, 0.2) is 24.3 Å². The van der Waals surface area contributed by atoms with E-state index >= 15 is 0 Å². The molecule has 0 atom stereocenters. The van der Waals surface area contributed by atoms with Gasteiger partial charge in [0, 0.05) is 13.6 Å². The second kappa shape index (κ2) is 6.53. The second-order valence-corrected chi connectivity index (χ2v) is 6.06. The highest BCUT2D eigenvalue weighted by Gasteiger charge is 2.22. The number of phenolic OH excluding ortho intramolecular Hbond substituents is 1. The normalized spacial score (nSPS) is 11.5. The van der Waals surface area contributed by atoms with Gasteiger partial charge in [0.25, 0.3) is 0 Å². The lowest BCUT2D eigenvalue weighted by molar-refractivity contribution is -0.140. The van der Waals surface area contributed by atoms with Crippen molar-refractivity contribution in [3.8, 4) is 5.75 Å². The summed E-state index contributed by atoms with van der Waals surface area (Å²) in [6.45, 7) is 1.89. The fourth-order valence-electron chi connectivity index (χ4n) is 1.42. The number of hydrogen-bond donors (Lipinski definition) is 1. The van der Waals surface area contributed by atoms with E-state index in [4.69, 9.17) is 5.11 Å². The lowest BCUT2D eigenvalue weighted by Gasteiger charge is -2.16. The van der Waals surface area contributed by atoms with E-state index in [1.807, 2.05) is 0 Å². The van der Waals surface area contributed by atoms with Crippen molar-refractivity contribution in [2.24, 2.45) is 0 Å². The van der Waals surface area contributed by atoms with Gasteiger partial charge in [-0.25, -0.2) is 12.7 Å². The molecule has 1 rings (SSSR count). The van der Waals surface area contributed by atoms with Gasteiger partial charge >= 0.3 is 5.97 Å². The van der Waals surface area contributed by atoms with Crippen LogP contribution in [0, 0.1) is 0 Å². The molecule has 0 bridgehead atoms. The smallest absolute Gasteiger partial charge is 0.322 e. The molecule has 1 aromatic carbocycles. The number of carbonyl (C=O) groups excluding carboxylic acids is 1. The zero-order chi connectivity index (χ0) is 14.5. The molecule has 0 spiro atoms. The number of rotatable bonds is 6. The van der Waals surface area contributed by atoms with Crippen molar-refractivity contribution in [1.82, 2.24) is 4.31 Å². The van der Waals surface area contributed by atoms with Crippen LogP contribution in [0.1, 0.15) is 12.5 Å². The van der Waals surface area contributed by atoms with Crippen LogP contribution in [0.4, 0.5) is 0 Å². The molecule has 0 radical (unpaired) electrons. The Morgan fingerprint density at radius 3 is 2.42 bits per heavy atom. The predicted octanol–water partition coefficient (Wildman–Crippen LogP) is 0.717. The van der Waals surface area contributed by atoms with Gasteiger partial charge in [0.15, 0.2) is 5.75 Å². The van der Waals surface area contributed by atoms with Gasteiger partial charge in [-0.15, -0.1) is 0 Å². The molecule has 1 aromatic rings. The first-order valence-electron chi connectivity index (χ1n) is 5.72. The van der Waals surface area contributed by atoms with Crippen molar-refractivity contribution >= 4 is 16.0 Å². The number of aromatic hydroxyl groups is 1. The minimum Gasteiger partial charge on any atom is -0.508 e. The van der Waals surface area contributed by atoms with Crippen molar-refractivity contribution < 1.29 is 23.1 Å². The summed E-state index contributed by atoms with van der Waals surface area (Å²) in [7, 11) is -2.30. The number of ether oxygens (including phenoxy) is 1. The molecule has 0 aliphatic heterocycles. The van der Waals surface area contributed by atoms with E-state index in [-0.39, 0.29) is 18.9 Å². The van der Waals surface area contributed by atoms with Crippen LogP contribution in [-0.2, 0) is 26.1 Å². The minimum absolute atomic E-state index is 0.112. The largest absolute Gasteiger partial charge is 0.508 e. The molecule has 0 unspecified atom stereocenters. The molecule has 6 nitrogen and oxygen atoms in total. The third kappa shape index (κ3) is 4.88. The number of hydrogen-bond acceptors (Lipinski definition) is 5. The summed E-state index contributed by atoms with van der Waals surface area (Å²) in [5.74, 6) is -1.32. The maximum atomic E-state index is 11.9. The number of carbonyl (C=O) groups is 1. The van der Waals surface area contributed by atoms with Crippen molar-refractivity contribution in [2.75, 3.05) is 19.4 Å². The predicted molar refractivity (Wildman–Crippen MR) is 70.0 cm³/mol. The van der Waals surface area contributed by atoms with Crippen molar-refractivity contribution in [3.05, 3.63) is 29.8 Å². The van der Waals surface area contributed by atoms with Gasteiger partial charge in [-0.1, -0.05) is 12.1 Å². The zero-order valence-corrected chi connectivity index (χ0v) is 11.7. The highest BCUT2D eigenvalue weighted by atomic mass is 32.2. The quantitative estimate of drug-likeness (QED) is 0.779. The lowest BCUT2D eigenvalue weighted by atomic mass is 10.2. The number of benzene rings is 1. The van der Waals surface area contributed by atoms with E-state index < -0.39 is 21.7 Å². The standard InChI is InChI=1S/C12H17NO5S/c1-3-18-12(15)9-19(16,17)13(2)8-10-4-6-11(14)7-5-10/h4-7,14H,3,8-9H2,1-2H3. The number of phenols is 1. The van der Waals surface area contributed by atoms with Crippen LogP contribution in [0.2, 0.25) is 0 Å². The Balaban J connectivity index is 2.68. The van der Waals surface area contributed by atoms with Crippen molar-refractivity contribution in [2.45, 2.75) is 13.5 Å². The van der Waals surface area contributed by atoms with E-state index in [9.17, 15) is 13.2 Å². The number of nitrogens with zero attached hydrogens (tertiary/aromatic N) is 1. The maximum Gasteiger partial charge on any atom is 0.322 e. The third-order valence-electron chi connectivity index (χ3n) is 2.42. The van der Waals surface area contributed by atoms with Crippen LogP contribution in [0.3, 0.4) is 0 Å². The molecule has 0 saturated carbocycles. The molecule has 7 heteroatoms. The van der Waals surface area contributed by atoms with E-state index in [0.717, 1.165) is 4.31 Å². The maximum absolute atomic E-state index is 11.9. The fraction of sp³-hybridized carbons (Fsp3) is 0.417. The summed E-state index contributed by atoms with van der Waals surface area (Å²) in [6.07, 6.45) is 0. The van der Waals surface area contributed by atoms with Gasteiger partial charge in [-0.2, -0.15) is 0 Å². The van der Waals surface area contributed by atoms with Crippen LogP contribution >= 0.6 is 0 Å². The van der Waals surface area contributed by atoms with Crippen LogP contribution in [0.25, 0.3) is 0 Å². The Morgan fingerprint density at radius 2 is 1.89 bits per heavy atom.